The summed E-state index contributed by atoms with van der Waals surface area (Å²) in [6.07, 6.45) is 2.62. The molecule has 0 saturated carbocycles. The molecule has 1 atom stereocenters. The van der Waals surface area contributed by atoms with E-state index in [0.717, 1.165) is 42.5 Å². The van der Waals surface area contributed by atoms with E-state index in [2.05, 4.69) is 15.5 Å². The Bertz CT molecular complexity index is 612. The third-order valence-electron chi connectivity index (χ3n) is 4.05. The Labute approximate surface area is 130 Å². The Morgan fingerprint density at radius 3 is 3.10 bits per heavy atom. The number of fused-ring (bicyclic) bond motifs is 1. The number of nitrogens with one attached hydrogen (secondary N) is 2. The molecule has 1 aliphatic heterocycles. The van der Waals surface area contributed by atoms with Crippen molar-refractivity contribution in [1.82, 2.24) is 20.4 Å². The number of carbonyl (C=O) groups is 1. The van der Waals surface area contributed by atoms with Gasteiger partial charge in [0.2, 0.25) is 5.91 Å². The zero-order valence-corrected chi connectivity index (χ0v) is 12.9. The first-order valence-corrected chi connectivity index (χ1v) is 7.15. The topological polar surface area (TPSA) is 61.0 Å². The van der Waals surface area contributed by atoms with Crippen molar-refractivity contribution in [3.63, 3.8) is 0 Å². The van der Waals surface area contributed by atoms with Crippen LogP contribution in [0.25, 0.3) is 10.9 Å². The van der Waals surface area contributed by atoms with Crippen LogP contribution in [0.3, 0.4) is 0 Å². The molecule has 114 valence electrons. The number of piperidine rings is 1. The summed E-state index contributed by atoms with van der Waals surface area (Å²) < 4.78 is 0. The van der Waals surface area contributed by atoms with Crippen molar-refractivity contribution in [2.24, 2.45) is 0 Å². The van der Waals surface area contributed by atoms with E-state index in [9.17, 15) is 4.79 Å². The molecule has 2 heterocycles. The maximum Gasteiger partial charge on any atom is 0.228 e. The molecule has 0 radical (unpaired) electrons. The molecule has 21 heavy (non-hydrogen) atoms. The predicted octanol–water partition coefficient (Wildman–Crippen LogP) is 1.74. The summed E-state index contributed by atoms with van der Waals surface area (Å²) in [5.41, 5.74) is 1.83. The van der Waals surface area contributed by atoms with E-state index in [0.29, 0.717) is 12.5 Å². The molecule has 1 unspecified atom stereocenters. The predicted molar refractivity (Wildman–Crippen MR) is 85.7 cm³/mol. The van der Waals surface area contributed by atoms with Gasteiger partial charge in [-0.15, -0.1) is 12.4 Å². The second-order valence-corrected chi connectivity index (χ2v) is 5.36. The van der Waals surface area contributed by atoms with E-state index < -0.39 is 0 Å². The summed E-state index contributed by atoms with van der Waals surface area (Å²) >= 11 is 0. The summed E-state index contributed by atoms with van der Waals surface area (Å²) in [5.74, 6) is 0.180. The van der Waals surface area contributed by atoms with Crippen LogP contribution in [0.2, 0.25) is 0 Å². The van der Waals surface area contributed by atoms with E-state index in [4.69, 9.17) is 0 Å². The van der Waals surface area contributed by atoms with Gasteiger partial charge >= 0.3 is 0 Å². The molecular weight excluding hydrogens is 288 g/mol. The molecule has 1 aromatic carbocycles. The highest BCUT2D eigenvalue weighted by Crippen LogP contribution is 2.17. The number of H-pyrrole nitrogens is 1. The van der Waals surface area contributed by atoms with Gasteiger partial charge in [-0.3, -0.25) is 9.89 Å². The van der Waals surface area contributed by atoms with E-state index in [1.807, 2.05) is 36.2 Å². The maximum atomic E-state index is 12.4. The SMILES string of the molecule is CNC1CCCN(C(=O)Cc2[nH]nc3ccccc23)C1.Cl. The monoisotopic (exact) mass is 308 g/mol. The van der Waals surface area contributed by atoms with Gasteiger partial charge in [0.1, 0.15) is 0 Å². The van der Waals surface area contributed by atoms with Crippen LogP contribution in [0.4, 0.5) is 0 Å². The first-order chi connectivity index (χ1) is 9.78. The van der Waals surface area contributed by atoms with Gasteiger partial charge in [-0.25, -0.2) is 0 Å². The molecule has 6 heteroatoms. The number of likely N-dealkylation sites (tertiary alicyclic amines) is 1. The smallest absolute Gasteiger partial charge is 0.228 e. The van der Waals surface area contributed by atoms with Crippen LogP contribution in [0.1, 0.15) is 18.5 Å². The van der Waals surface area contributed by atoms with E-state index in [1.54, 1.807) is 0 Å². The zero-order chi connectivity index (χ0) is 13.9. The van der Waals surface area contributed by atoms with Gasteiger partial charge in [0.15, 0.2) is 0 Å². The zero-order valence-electron chi connectivity index (χ0n) is 12.1. The molecule has 3 rings (SSSR count). The van der Waals surface area contributed by atoms with Gasteiger partial charge in [-0.2, -0.15) is 5.10 Å². The molecule has 1 saturated heterocycles. The second kappa shape index (κ2) is 6.91. The molecule has 1 aliphatic rings. The van der Waals surface area contributed by atoms with Crippen molar-refractivity contribution >= 4 is 29.2 Å². The molecule has 1 aromatic heterocycles. The number of hydrogen-bond donors (Lipinski definition) is 2. The number of amides is 1. The van der Waals surface area contributed by atoms with Crippen LogP contribution in [-0.2, 0) is 11.2 Å². The maximum absolute atomic E-state index is 12.4. The van der Waals surface area contributed by atoms with Gasteiger partial charge in [-0.05, 0) is 26.0 Å². The number of halogens is 1. The van der Waals surface area contributed by atoms with Crippen LogP contribution in [0.5, 0.6) is 0 Å². The summed E-state index contributed by atoms with van der Waals surface area (Å²) in [6.45, 7) is 1.67. The highest BCUT2D eigenvalue weighted by molar-refractivity contribution is 5.87. The minimum absolute atomic E-state index is 0. The third kappa shape index (κ3) is 3.36. The van der Waals surface area contributed by atoms with Crippen molar-refractivity contribution in [3.8, 4) is 0 Å². The van der Waals surface area contributed by atoms with Crippen molar-refractivity contribution in [3.05, 3.63) is 30.0 Å². The Kier molecular flexibility index (Phi) is 5.20. The molecular formula is C15H21ClN4O. The third-order valence-corrected chi connectivity index (χ3v) is 4.05. The number of benzene rings is 1. The van der Waals surface area contributed by atoms with Gasteiger partial charge in [-0.1, -0.05) is 18.2 Å². The Hall–Kier alpha value is -1.59. The number of para-hydroxylation sites is 1. The van der Waals surface area contributed by atoms with Crippen LogP contribution < -0.4 is 5.32 Å². The fourth-order valence-corrected chi connectivity index (χ4v) is 2.85. The first-order valence-electron chi connectivity index (χ1n) is 7.15. The Morgan fingerprint density at radius 2 is 2.29 bits per heavy atom. The summed E-state index contributed by atoms with van der Waals surface area (Å²) in [5, 5.41) is 11.5. The molecule has 1 amide bonds. The highest BCUT2D eigenvalue weighted by Gasteiger charge is 2.23. The lowest BCUT2D eigenvalue weighted by atomic mass is 10.0. The largest absolute Gasteiger partial charge is 0.341 e. The molecule has 0 aliphatic carbocycles. The molecule has 2 aromatic rings. The summed E-state index contributed by atoms with van der Waals surface area (Å²) in [7, 11) is 1.96. The van der Waals surface area contributed by atoms with Gasteiger partial charge in [0.25, 0.3) is 0 Å². The van der Waals surface area contributed by atoms with Crippen LogP contribution in [0.15, 0.2) is 24.3 Å². The number of hydrogen-bond acceptors (Lipinski definition) is 3. The quantitative estimate of drug-likeness (QED) is 0.908. The van der Waals surface area contributed by atoms with E-state index in [-0.39, 0.29) is 18.3 Å². The lowest BCUT2D eigenvalue weighted by Crippen LogP contribution is -2.47. The van der Waals surface area contributed by atoms with Gasteiger partial charge in [0.05, 0.1) is 17.6 Å². The highest BCUT2D eigenvalue weighted by atomic mass is 35.5. The molecule has 5 nitrogen and oxygen atoms in total. The van der Waals surface area contributed by atoms with Gasteiger partial charge in [0, 0.05) is 24.5 Å². The average molecular weight is 309 g/mol. The van der Waals surface area contributed by atoms with E-state index in [1.165, 1.54) is 0 Å². The average Bonchev–Trinajstić information content (AvgIpc) is 2.90. The minimum Gasteiger partial charge on any atom is -0.341 e. The fourth-order valence-electron chi connectivity index (χ4n) is 2.85. The van der Waals surface area contributed by atoms with Gasteiger partial charge < -0.3 is 10.2 Å². The lowest BCUT2D eigenvalue weighted by molar-refractivity contribution is -0.131. The molecule has 1 fully saturated rings. The normalized spacial score (nSPS) is 18.5. The van der Waals surface area contributed by atoms with Crippen molar-refractivity contribution in [2.75, 3.05) is 20.1 Å². The van der Waals surface area contributed by atoms with Crippen LogP contribution in [0, 0.1) is 0 Å². The number of aromatic nitrogens is 2. The molecule has 0 bridgehead atoms. The number of aromatic amines is 1. The fraction of sp³-hybridized carbons (Fsp3) is 0.467. The Morgan fingerprint density at radius 1 is 1.48 bits per heavy atom. The second-order valence-electron chi connectivity index (χ2n) is 5.36. The minimum atomic E-state index is 0. The summed E-state index contributed by atoms with van der Waals surface area (Å²) in [6, 6.07) is 8.32. The van der Waals surface area contributed by atoms with Crippen molar-refractivity contribution in [1.29, 1.82) is 0 Å². The first kappa shape index (κ1) is 15.8. The van der Waals surface area contributed by atoms with Crippen molar-refractivity contribution < 1.29 is 4.79 Å². The van der Waals surface area contributed by atoms with Crippen LogP contribution in [-0.4, -0.2) is 47.2 Å². The van der Waals surface area contributed by atoms with Crippen molar-refractivity contribution in [2.45, 2.75) is 25.3 Å². The lowest BCUT2D eigenvalue weighted by Gasteiger charge is -2.32. The van der Waals surface area contributed by atoms with E-state index >= 15 is 0 Å². The Balaban J connectivity index is 0.00000161. The van der Waals surface area contributed by atoms with Crippen LogP contribution >= 0.6 is 12.4 Å². The number of rotatable bonds is 3. The number of carbonyl (C=O) groups excluding carboxylic acids is 1. The number of likely N-dealkylation sites (N-methyl/N-ethyl adjacent to an activating group) is 1. The molecule has 2 N–H and O–H groups in total. The molecule has 0 spiro atoms. The standard InChI is InChI=1S/C15H20N4O.ClH/c1-16-11-5-4-8-19(10-11)15(20)9-14-12-6-2-3-7-13(12)17-18-14;/h2-3,6-7,11,16H,4-5,8-10H2,1H3,(H,17,18);1H. The summed E-state index contributed by atoms with van der Waals surface area (Å²) in [4.78, 5) is 14.4. The number of nitrogens with zero attached hydrogens (tertiary/aromatic N) is 2.